The van der Waals surface area contributed by atoms with E-state index in [1.54, 1.807) is 31.2 Å². The second kappa shape index (κ2) is 5.40. The fourth-order valence-corrected chi connectivity index (χ4v) is 1.78. The van der Waals surface area contributed by atoms with E-state index in [2.05, 4.69) is 0 Å². The molecule has 0 unspecified atom stereocenters. The van der Waals surface area contributed by atoms with E-state index in [4.69, 9.17) is 16.7 Å². The van der Waals surface area contributed by atoms with Gasteiger partial charge in [-0.3, -0.25) is 4.79 Å². The number of amides is 1. The predicted octanol–water partition coefficient (Wildman–Crippen LogP) is 2.67. The number of carbonyl (C=O) groups excluding carboxylic acids is 1. The molecule has 0 spiro atoms. The largest absolute Gasteiger partial charge is 0.480 e. The van der Waals surface area contributed by atoms with Gasteiger partial charge in [-0.2, -0.15) is 0 Å². The van der Waals surface area contributed by atoms with Gasteiger partial charge in [0.25, 0.3) is 5.91 Å². The van der Waals surface area contributed by atoms with Crippen LogP contribution in [0.4, 0.5) is 0 Å². The molecule has 0 aromatic heterocycles. The number of nitrogens with zero attached hydrogens (tertiary/aromatic N) is 1. The van der Waals surface area contributed by atoms with Gasteiger partial charge in [-0.05, 0) is 45.0 Å². The van der Waals surface area contributed by atoms with E-state index in [1.807, 2.05) is 0 Å². The number of hydrogen-bond acceptors (Lipinski definition) is 2. The number of rotatable bonds is 4. The van der Waals surface area contributed by atoms with Gasteiger partial charge in [0, 0.05) is 17.1 Å². The number of benzene rings is 1. The van der Waals surface area contributed by atoms with Crippen molar-refractivity contribution in [2.45, 2.75) is 26.3 Å². The van der Waals surface area contributed by atoms with Crippen molar-refractivity contribution in [1.29, 1.82) is 0 Å². The quantitative estimate of drug-likeness (QED) is 0.914. The topological polar surface area (TPSA) is 57.6 Å². The van der Waals surface area contributed by atoms with Gasteiger partial charge in [0.15, 0.2) is 0 Å². The summed E-state index contributed by atoms with van der Waals surface area (Å²) in [5.41, 5.74) is -0.818. The number of aliphatic carboxylic acids is 1. The number of likely N-dealkylation sites (N-methyl/N-ethyl adjacent to an activating group) is 1. The van der Waals surface area contributed by atoms with Gasteiger partial charge in [-0.1, -0.05) is 11.6 Å². The second-order valence-corrected chi connectivity index (χ2v) is 4.86. The van der Waals surface area contributed by atoms with E-state index < -0.39 is 11.5 Å². The van der Waals surface area contributed by atoms with Crippen LogP contribution < -0.4 is 0 Å². The molecule has 0 bridgehead atoms. The van der Waals surface area contributed by atoms with E-state index in [0.717, 1.165) is 0 Å². The summed E-state index contributed by atoms with van der Waals surface area (Å²) >= 11 is 5.75. The zero-order chi connectivity index (χ0) is 13.9. The molecule has 0 radical (unpaired) electrons. The molecule has 0 saturated carbocycles. The summed E-state index contributed by atoms with van der Waals surface area (Å²) in [7, 11) is 0. The van der Waals surface area contributed by atoms with Gasteiger partial charge in [0.1, 0.15) is 5.54 Å². The molecule has 1 aromatic carbocycles. The van der Waals surface area contributed by atoms with Crippen LogP contribution in [-0.4, -0.2) is 34.0 Å². The Labute approximate surface area is 111 Å². The van der Waals surface area contributed by atoms with E-state index in [1.165, 1.54) is 18.7 Å². The first-order chi connectivity index (χ1) is 8.30. The van der Waals surface area contributed by atoms with Crippen molar-refractivity contribution in [3.63, 3.8) is 0 Å². The Morgan fingerprint density at radius 1 is 1.28 bits per heavy atom. The van der Waals surface area contributed by atoms with Crippen LogP contribution >= 0.6 is 11.6 Å². The maximum Gasteiger partial charge on any atom is 0.329 e. The summed E-state index contributed by atoms with van der Waals surface area (Å²) in [6, 6.07) is 6.39. The van der Waals surface area contributed by atoms with Crippen molar-refractivity contribution in [3.8, 4) is 0 Å². The summed E-state index contributed by atoms with van der Waals surface area (Å²) in [5.74, 6) is -1.35. The summed E-state index contributed by atoms with van der Waals surface area (Å²) in [6.45, 7) is 5.08. The first-order valence-electron chi connectivity index (χ1n) is 5.61. The highest BCUT2D eigenvalue weighted by Gasteiger charge is 2.37. The van der Waals surface area contributed by atoms with Gasteiger partial charge >= 0.3 is 5.97 Å². The molecular weight excluding hydrogens is 254 g/mol. The van der Waals surface area contributed by atoms with Gasteiger partial charge in [-0.25, -0.2) is 4.79 Å². The highest BCUT2D eigenvalue weighted by molar-refractivity contribution is 6.30. The third-order valence-corrected chi connectivity index (χ3v) is 3.10. The number of carboxylic acids is 1. The van der Waals surface area contributed by atoms with Crippen LogP contribution in [0.1, 0.15) is 31.1 Å². The van der Waals surface area contributed by atoms with Crippen LogP contribution in [-0.2, 0) is 4.79 Å². The normalized spacial score (nSPS) is 11.1. The minimum absolute atomic E-state index is 0.318. The van der Waals surface area contributed by atoms with Gasteiger partial charge in [-0.15, -0.1) is 0 Å². The lowest BCUT2D eigenvalue weighted by atomic mass is 10.0. The third-order valence-electron chi connectivity index (χ3n) is 2.85. The van der Waals surface area contributed by atoms with Crippen LogP contribution in [0.3, 0.4) is 0 Å². The highest BCUT2D eigenvalue weighted by atomic mass is 35.5. The Kier molecular flexibility index (Phi) is 4.35. The van der Waals surface area contributed by atoms with Crippen molar-refractivity contribution < 1.29 is 14.7 Å². The molecule has 0 aliphatic rings. The van der Waals surface area contributed by atoms with E-state index in [-0.39, 0.29) is 5.91 Å². The molecule has 0 heterocycles. The van der Waals surface area contributed by atoms with Crippen LogP contribution in [0.15, 0.2) is 24.3 Å². The first-order valence-corrected chi connectivity index (χ1v) is 5.99. The summed E-state index contributed by atoms with van der Waals surface area (Å²) in [4.78, 5) is 24.8. The lowest BCUT2D eigenvalue weighted by Gasteiger charge is -2.34. The molecule has 0 fully saturated rings. The van der Waals surface area contributed by atoms with Gasteiger partial charge in [0.05, 0.1) is 0 Å². The zero-order valence-corrected chi connectivity index (χ0v) is 11.4. The molecular formula is C13H16ClNO3. The molecule has 1 amide bonds. The van der Waals surface area contributed by atoms with Gasteiger partial charge in [0.2, 0.25) is 0 Å². The number of carboxylic acid groups (broad SMARTS) is 1. The first kappa shape index (κ1) is 14.5. The Morgan fingerprint density at radius 3 is 2.17 bits per heavy atom. The molecule has 1 rings (SSSR count). The number of carbonyl (C=O) groups is 2. The maximum absolute atomic E-state index is 12.3. The summed E-state index contributed by atoms with van der Waals surface area (Å²) in [6.07, 6.45) is 0. The molecule has 1 aromatic rings. The molecule has 0 atom stereocenters. The van der Waals surface area contributed by atoms with Crippen molar-refractivity contribution in [2.75, 3.05) is 6.54 Å². The molecule has 0 aliphatic carbocycles. The smallest absolute Gasteiger partial charge is 0.329 e. The highest BCUT2D eigenvalue weighted by Crippen LogP contribution is 2.19. The molecule has 0 saturated heterocycles. The minimum Gasteiger partial charge on any atom is -0.480 e. The van der Waals surface area contributed by atoms with Crippen LogP contribution in [0.5, 0.6) is 0 Å². The standard InChI is InChI=1S/C13H16ClNO3/c1-4-15(13(2,3)12(17)18)11(16)9-5-7-10(14)8-6-9/h5-8H,4H2,1-3H3,(H,17,18). The number of hydrogen-bond donors (Lipinski definition) is 1. The fourth-order valence-electron chi connectivity index (χ4n) is 1.66. The Balaban J connectivity index is 3.07. The monoisotopic (exact) mass is 269 g/mol. The maximum atomic E-state index is 12.3. The van der Waals surface area contributed by atoms with Crippen LogP contribution in [0.2, 0.25) is 5.02 Å². The minimum atomic E-state index is -1.24. The summed E-state index contributed by atoms with van der Waals surface area (Å²) in [5, 5.41) is 9.70. The number of halogens is 1. The molecule has 1 N–H and O–H groups in total. The van der Waals surface area contributed by atoms with Gasteiger partial charge < -0.3 is 10.0 Å². The molecule has 98 valence electrons. The van der Waals surface area contributed by atoms with E-state index >= 15 is 0 Å². The Hall–Kier alpha value is -1.55. The molecule has 18 heavy (non-hydrogen) atoms. The zero-order valence-electron chi connectivity index (χ0n) is 10.6. The summed E-state index contributed by atoms with van der Waals surface area (Å²) < 4.78 is 0. The van der Waals surface area contributed by atoms with E-state index in [9.17, 15) is 9.59 Å². The average molecular weight is 270 g/mol. The van der Waals surface area contributed by atoms with Crippen molar-refractivity contribution in [3.05, 3.63) is 34.9 Å². The van der Waals surface area contributed by atoms with Crippen molar-refractivity contribution in [2.24, 2.45) is 0 Å². The lowest BCUT2D eigenvalue weighted by Crippen LogP contribution is -2.52. The Bertz CT molecular complexity index is 454. The molecule has 4 nitrogen and oxygen atoms in total. The SMILES string of the molecule is CCN(C(=O)c1ccc(Cl)cc1)C(C)(C)C(=O)O. The Morgan fingerprint density at radius 2 is 1.78 bits per heavy atom. The van der Waals surface area contributed by atoms with E-state index in [0.29, 0.717) is 17.1 Å². The lowest BCUT2D eigenvalue weighted by molar-refractivity contribution is -0.147. The van der Waals surface area contributed by atoms with Crippen LogP contribution in [0, 0.1) is 0 Å². The fraction of sp³-hybridized carbons (Fsp3) is 0.385. The average Bonchev–Trinajstić information content (AvgIpc) is 2.30. The predicted molar refractivity (Wildman–Crippen MR) is 69.9 cm³/mol. The molecule has 5 heteroatoms. The second-order valence-electron chi connectivity index (χ2n) is 4.42. The molecule has 0 aliphatic heterocycles. The third kappa shape index (κ3) is 2.82. The van der Waals surface area contributed by atoms with Crippen molar-refractivity contribution >= 4 is 23.5 Å². The van der Waals surface area contributed by atoms with Crippen molar-refractivity contribution in [1.82, 2.24) is 4.90 Å². The van der Waals surface area contributed by atoms with Crippen LogP contribution in [0.25, 0.3) is 0 Å².